The second kappa shape index (κ2) is 8.06. The molecule has 2 aromatic rings. The highest BCUT2D eigenvalue weighted by atomic mass is 35.5. The molecule has 0 radical (unpaired) electrons. The predicted octanol–water partition coefficient (Wildman–Crippen LogP) is 5.38. The van der Waals surface area contributed by atoms with Gasteiger partial charge in [-0.15, -0.1) is 0 Å². The number of anilines is 2. The lowest BCUT2D eigenvalue weighted by Crippen LogP contribution is -2.15. The van der Waals surface area contributed by atoms with Crippen molar-refractivity contribution in [3.63, 3.8) is 0 Å². The van der Waals surface area contributed by atoms with E-state index in [1.807, 2.05) is 39.0 Å². The average molecular weight is 374 g/mol. The van der Waals surface area contributed by atoms with Crippen LogP contribution < -0.4 is 10.6 Å². The van der Waals surface area contributed by atoms with Crippen LogP contribution in [0.15, 0.2) is 42.1 Å². The maximum Gasteiger partial charge on any atom is 0.267 e. The SMILES string of the molecule is Cc1cc(C)c(N/C=C(/C#N)C(=O)Nc2ccc(Cl)cc2Cl)c(C)c1. The smallest absolute Gasteiger partial charge is 0.267 e. The lowest BCUT2D eigenvalue weighted by atomic mass is 10.1. The van der Waals surface area contributed by atoms with Gasteiger partial charge < -0.3 is 10.6 Å². The zero-order chi connectivity index (χ0) is 18.6. The van der Waals surface area contributed by atoms with Crippen molar-refractivity contribution in [3.8, 4) is 6.07 Å². The Hall–Kier alpha value is -2.48. The number of nitrogens with zero attached hydrogens (tertiary/aromatic N) is 1. The third-order valence-electron chi connectivity index (χ3n) is 3.58. The van der Waals surface area contributed by atoms with Crippen LogP contribution in [0.3, 0.4) is 0 Å². The Morgan fingerprint density at radius 3 is 2.32 bits per heavy atom. The Kier molecular flexibility index (Phi) is 6.08. The summed E-state index contributed by atoms with van der Waals surface area (Å²) in [5.41, 5.74) is 4.42. The van der Waals surface area contributed by atoms with E-state index in [1.165, 1.54) is 12.3 Å². The van der Waals surface area contributed by atoms with Gasteiger partial charge in [0.25, 0.3) is 5.91 Å². The number of nitrogens with one attached hydrogen (secondary N) is 2. The summed E-state index contributed by atoms with van der Waals surface area (Å²) in [6.07, 6.45) is 1.39. The Morgan fingerprint density at radius 2 is 1.76 bits per heavy atom. The van der Waals surface area contributed by atoms with E-state index in [0.717, 1.165) is 22.4 Å². The van der Waals surface area contributed by atoms with Gasteiger partial charge in [0, 0.05) is 16.9 Å². The highest BCUT2D eigenvalue weighted by Gasteiger charge is 2.12. The standard InChI is InChI=1S/C19H17Cl2N3O/c1-11-6-12(2)18(13(3)7-11)23-10-14(9-22)19(25)24-17-5-4-15(20)8-16(17)21/h4-8,10,23H,1-3H3,(H,24,25)/b14-10-. The van der Waals surface area contributed by atoms with Gasteiger partial charge in [-0.1, -0.05) is 40.9 Å². The number of nitriles is 1. The molecule has 128 valence electrons. The molecular weight excluding hydrogens is 357 g/mol. The van der Waals surface area contributed by atoms with E-state index in [0.29, 0.717) is 15.7 Å². The fourth-order valence-electron chi connectivity index (χ4n) is 2.48. The van der Waals surface area contributed by atoms with Gasteiger partial charge in [0.1, 0.15) is 11.6 Å². The Labute approximate surface area is 157 Å². The van der Waals surface area contributed by atoms with Gasteiger partial charge in [-0.2, -0.15) is 5.26 Å². The zero-order valence-electron chi connectivity index (χ0n) is 14.1. The number of hydrogen-bond donors (Lipinski definition) is 2. The maximum atomic E-state index is 12.3. The van der Waals surface area contributed by atoms with Crippen LogP contribution in [-0.4, -0.2) is 5.91 Å². The van der Waals surface area contributed by atoms with E-state index < -0.39 is 5.91 Å². The van der Waals surface area contributed by atoms with Crippen LogP contribution in [0.5, 0.6) is 0 Å². The van der Waals surface area contributed by atoms with Crippen LogP contribution in [-0.2, 0) is 4.79 Å². The summed E-state index contributed by atoms with van der Waals surface area (Å²) in [6.45, 7) is 5.95. The molecule has 25 heavy (non-hydrogen) atoms. The van der Waals surface area contributed by atoms with E-state index in [1.54, 1.807) is 12.1 Å². The number of halogens is 2. The molecule has 4 nitrogen and oxygen atoms in total. The Bertz CT molecular complexity index is 875. The lowest BCUT2D eigenvalue weighted by molar-refractivity contribution is -0.112. The van der Waals surface area contributed by atoms with Crippen molar-refractivity contribution in [1.29, 1.82) is 5.26 Å². The molecule has 0 aliphatic carbocycles. The maximum absolute atomic E-state index is 12.3. The minimum atomic E-state index is -0.554. The fraction of sp³-hybridized carbons (Fsp3) is 0.158. The monoisotopic (exact) mass is 373 g/mol. The first-order valence-electron chi connectivity index (χ1n) is 7.53. The van der Waals surface area contributed by atoms with Crippen molar-refractivity contribution in [2.75, 3.05) is 10.6 Å². The highest BCUT2D eigenvalue weighted by molar-refractivity contribution is 6.36. The van der Waals surface area contributed by atoms with Crippen LogP contribution in [0, 0.1) is 32.1 Å². The third-order valence-corrected chi connectivity index (χ3v) is 4.13. The molecule has 0 aliphatic rings. The molecule has 2 rings (SSSR count). The first-order chi connectivity index (χ1) is 11.8. The minimum absolute atomic E-state index is 0.0645. The van der Waals surface area contributed by atoms with Crippen molar-refractivity contribution >= 4 is 40.5 Å². The predicted molar refractivity (Wildman–Crippen MR) is 103 cm³/mol. The molecule has 1 amide bonds. The molecular formula is C19H17Cl2N3O. The molecule has 0 aliphatic heterocycles. The van der Waals surface area contributed by atoms with Crippen LogP contribution in [0.2, 0.25) is 10.0 Å². The highest BCUT2D eigenvalue weighted by Crippen LogP contribution is 2.26. The summed E-state index contributed by atoms with van der Waals surface area (Å²) in [5, 5.41) is 15.7. The van der Waals surface area contributed by atoms with Gasteiger partial charge in [-0.25, -0.2) is 0 Å². The van der Waals surface area contributed by atoms with Crippen LogP contribution in [0.4, 0.5) is 11.4 Å². The molecule has 0 aromatic heterocycles. The molecule has 0 fully saturated rings. The number of carbonyl (C=O) groups is 1. The third kappa shape index (κ3) is 4.76. The number of amides is 1. The summed E-state index contributed by atoms with van der Waals surface area (Å²) in [5.74, 6) is -0.554. The van der Waals surface area contributed by atoms with Gasteiger partial charge in [-0.05, 0) is 50.1 Å². The summed E-state index contributed by atoms with van der Waals surface area (Å²) in [6, 6.07) is 10.7. The molecule has 0 saturated heterocycles. The minimum Gasteiger partial charge on any atom is -0.360 e. The molecule has 0 heterocycles. The van der Waals surface area contributed by atoms with E-state index in [-0.39, 0.29) is 5.57 Å². The molecule has 2 aromatic carbocycles. The number of hydrogen-bond acceptors (Lipinski definition) is 3. The van der Waals surface area contributed by atoms with E-state index in [2.05, 4.69) is 10.6 Å². The van der Waals surface area contributed by atoms with Gasteiger partial charge in [0.05, 0.1) is 10.7 Å². The first kappa shape index (κ1) is 18.9. The average Bonchev–Trinajstić information content (AvgIpc) is 2.52. The van der Waals surface area contributed by atoms with Gasteiger partial charge in [0.15, 0.2) is 0 Å². The van der Waals surface area contributed by atoms with Crippen molar-refractivity contribution in [2.45, 2.75) is 20.8 Å². The van der Waals surface area contributed by atoms with Gasteiger partial charge >= 0.3 is 0 Å². The molecule has 0 unspecified atom stereocenters. The lowest BCUT2D eigenvalue weighted by Gasteiger charge is -2.12. The Balaban J connectivity index is 2.20. The second-order valence-electron chi connectivity index (χ2n) is 5.67. The zero-order valence-corrected chi connectivity index (χ0v) is 15.6. The molecule has 0 atom stereocenters. The van der Waals surface area contributed by atoms with Gasteiger partial charge in [-0.3, -0.25) is 4.79 Å². The van der Waals surface area contributed by atoms with E-state index in [4.69, 9.17) is 23.2 Å². The molecule has 0 bridgehead atoms. The second-order valence-corrected chi connectivity index (χ2v) is 6.51. The largest absolute Gasteiger partial charge is 0.360 e. The fourth-order valence-corrected chi connectivity index (χ4v) is 2.94. The molecule has 6 heteroatoms. The molecule has 0 saturated carbocycles. The number of rotatable bonds is 4. The van der Waals surface area contributed by atoms with Gasteiger partial charge in [0.2, 0.25) is 0 Å². The molecule has 2 N–H and O–H groups in total. The summed E-state index contributed by atoms with van der Waals surface area (Å²) < 4.78 is 0. The summed E-state index contributed by atoms with van der Waals surface area (Å²) >= 11 is 11.9. The van der Waals surface area contributed by atoms with Crippen LogP contribution >= 0.6 is 23.2 Å². The van der Waals surface area contributed by atoms with Crippen molar-refractivity contribution in [1.82, 2.24) is 0 Å². The first-order valence-corrected chi connectivity index (χ1v) is 8.28. The van der Waals surface area contributed by atoms with Crippen molar-refractivity contribution in [2.24, 2.45) is 0 Å². The van der Waals surface area contributed by atoms with E-state index in [9.17, 15) is 10.1 Å². The Morgan fingerprint density at radius 1 is 1.12 bits per heavy atom. The topological polar surface area (TPSA) is 64.9 Å². The number of benzene rings is 2. The van der Waals surface area contributed by atoms with Crippen LogP contribution in [0.1, 0.15) is 16.7 Å². The quantitative estimate of drug-likeness (QED) is 0.558. The summed E-state index contributed by atoms with van der Waals surface area (Å²) in [4.78, 5) is 12.3. The van der Waals surface area contributed by atoms with Crippen LogP contribution in [0.25, 0.3) is 0 Å². The normalized spacial score (nSPS) is 11.0. The molecule has 0 spiro atoms. The number of aryl methyl sites for hydroxylation is 3. The van der Waals surface area contributed by atoms with E-state index >= 15 is 0 Å². The van der Waals surface area contributed by atoms with Crippen molar-refractivity contribution < 1.29 is 4.79 Å². The van der Waals surface area contributed by atoms with Crippen molar-refractivity contribution in [3.05, 3.63) is 68.8 Å². The summed E-state index contributed by atoms with van der Waals surface area (Å²) in [7, 11) is 0. The number of carbonyl (C=O) groups excluding carboxylic acids is 1.